The van der Waals surface area contributed by atoms with Gasteiger partial charge in [-0.15, -0.1) is 0 Å². The smallest absolute Gasteiger partial charge is 0.270 e. The van der Waals surface area contributed by atoms with E-state index in [-0.39, 0.29) is 28.7 Å². The van der Waals surface area contributed by atoms with Crippen LogP contribution in [0, 0.1) is 11.2 Å². The molecular formula is C26H23F2N5O2. The summed E-state index contributed by atoms with van der Waals surface area (Å²) in [4.78, 5) is 33.3. The highest BCUT2D eigenvalue weighted by molar-refractivity contribution is 5.92. The van der Waals surface area contributed by atoms with E-state index in [0.29, 0.717) is 42.4 Å². The molecule has 35 heavy (non-hydrogen) atoms. The van der Waals surface area contributed by atoms with Crippen molar-refractivity contribution in [3.05, 3.63) is 87.9 Å². The van der Waals surface area contributed by atoms with Gasteiger partial charge in [-0.1, -0.05) is 6.07 Å². The summed E-state index contributed by atoms with van der Waals surface area (Å²) in [5, 5.41) is 6.71. The maximum atomic E-state index is 14.7. The van der Waals surface area contributed by atoms with Gasteiger partial charge < -0.3 is 10.6 Å². The van der Waals surface area contributed by atoms with Crippen LogP contribution in [-0.2, 0) is 13.1 Å². The van der Waals surface area contributed by atoms with Crippen LogP contribution in [0.1, 0.15) is 40.9 Å². The van der Waals surface area contributed by atoms with Gasteiger partial charge in [-0.25, -0.2) is 13.8 Å². The van der Waals surface area contributed by atoms with Crippen molar-refractivity contribution in [2.24, 2.45) is 5.41 Å². The first kappa shape index (κ1) is 21.8. The molecule has 3 fully saturated rings. The van der Waals surface area contributed by atoms with Gasteiger partial charge in [-0.2, -0.15) is 0 Å². The summed E-state index contributed by atoms with van der Waals surface area (Å²) in [5.74, 6) is -0.996. The minimum Gasteiger partial charge on any atom is -0.347 e. The van der Waals surface area contributed by atoms with Gasteiger partial charge in [0.15, 0.2) is 0 Å². The minimum atomic E-state index is -0.907. The number of benzene rings is 1. The zero-order chi connectivity index (χ0) is 24.2. The molecule has 7 rings (SSSR count). The number of hydrogen-bond donors (Lipinski definition) is 2. The first-order valence-corrected chi connectivity index (χ1v) is 11.6. The van der Waals surface area contributed by atoms with Crippen molar-refractivity contribution in [2.75, 3.05) is 6.54 Å². The van der Waals surface area contributed by atoms with E-state index in [4.69, 9.17) is 0 Å². The molecule has 1 aromatic carbocycles. The van der Waals surface area contributed by atoms with Crippen LogP contribution in [0.15, 0.2) is 59.7 Å². The number of halogens is 2. The number of amides is 1. The number of hydrogen-bond acceptors (Lipinski definition) is 5. The normalized spacial score (nSPS) is 22.6. The molecule has 0 radical (unpaired) electrons. The fourth-order valence-electron chi connectivity index (χ4n) is 5.47. The molecule has 0 atom stereocenters. The van der Waals surface area contributed by atoms with Crippen LogP contribution in [0.4, 0.5) is 8.78 Å². The summed E-state index contributed by atoms with van der Waals surface area (Å²) in [6, 6.07) is 11.2. The van der Waals surface area contributed by atoms with E-state index in [0.717, 1.165) is 12.1 Å². The van der Waals surface area contributed by atoms with Crippen molar-refractivity contribution in [3.8, 4) is 0 Å². The van der Waals surface area contributed by atoms with Crippen LogP contribution in [0.5, 0.6) is 0 Å². The molecule has 0 unspecified atom stereocenters. The first-order valence-electron chi connectivity index (χ1n) is 11.6. The molecule has 2 bridgehead atoms. The maximum absolute atomic E-state index is 14.7. The Kier molecular flexibility index (Phi) is 4.93. The third-order valence-corrected chi connectivity index (χ3v) is 7.01. The second kappa shape index (κ2) is 7.91. The third kappa shape index (κ3) is 3.95. The molecule has 3 aromatic heterocycles. The van der Waals surface area contributed by atoms with Crippen LogP contribution in [0.3, 0.4) is 0 Å². The van der Waals surface area contributed by atoms with Crippen LogP contribution in [-0.4, -0.2) is 32.5 Å². The molecule has 3 aliphatic rings. The number of rotatable bonds is 7. The molecule has 3 aliphatic carbocycles. The van der Waals surface area contributed by atoms with Crippen LogP contribution in [0.2, 0.25) is 0 Å². The van der Waals surface area contributed by atoms with Crippen LogP contribution < -0.4 is 16.2 Å². The summed E-state index contributed by atoms with van der Waals surface area (Å²) >= 11 is 0. The number of alkyl halides is 1. The molecule has 0 spiro atoms. The number of carbonyl (C=O) groups is 1. The van der Waals surface area contributed by atoms with E-state index in [1.165, 1.54) is 16.5 Å². The lowest BCUT2D eigenvalue weighted by atomic mass is 9.42. The van der Waals surface area contributed by atoms with Gasteiger partial charge in [0, 0.05) is 43.5 Å². The number of pyridine rings is 2. The molecule has 9 heteroatoms. The molecule has 0 saturated heterocycles. The standard InChI is InChI=1S/C26H23F2N5O2/c27-19-7-16(10-31-24(35)20-8-22(34)33-4-2-1-3-21(33)32-20)5-18-6-17(11-30-23(18)19)9-29-15-25-12-26(28,13-25)14-25/h1-8,11,29H,9-10,12-15H2,(H,31,35). The highest BCUT2D eigenvalue weighted by Crippen LogP contribution is 2.69. The van der Waals surface area contributed by atoms with Gasteiger partial charge in [0.1, 0.15) is 28.3 Å². The SMILES string of the molecule is O=C(NCc1cc(F)c2ncc(CNCC34CC(F)(C3)C4)cc2c1)c1cc(=O)n2ccccc2n1. The summed E-state index contributed by atoms with van der Waals surface area (Å²) in [6.07, 6.45) is 5.16. The largest absolute Gasteiger partial charge is 0.347 e. The topological polar surface area (TPSA) is 88.4 Å². The number of fused-ring (bicyclic) bond motifs is 2. The van der Waals surface area contributed by atoms with Crippen LogP contribution in [0.25, 0.3) is 16.6 Å². The Morgan fingerprint density at radius 1 is 1.09 bits per heavy atom. The predicted octanol–water partition coefficient (Wildman–Crippen LogP) is 3.29. The van der Waals surface area contributed by atoms with E-state index in [2.05, 4.69) is 20.6 Å². The molecule has 2 N–H and O–H groups in total. The van der Waals surface area contributed by atoms with Crippen molar-refractivity contribution in [3.63, 3.8) is 0 Å². The van der Waals surface area contributed by atoms with Crippen molar-refractivity contribution in [2.45, 2.75) is 38.0 Å². The quantitative estimate of drug-likeness (QED) is 0.428. The summed E-state index contributed by atoms with van der Waals surface area (Å²) in [5.41, 5.74) is 0.940. The minimum absolute atomic E-state index is 0.000108. The fourth-order valence-corrected chi connectivity index (χ4v) is 5.47. The Bertz CT molecular complexity index is 1530. The predicted molar refractivity (Wildman–Crippen MR) is 126 cm³/mol. The molecule has 1 amide bonds. The summed E-state index contributed by atoms with van der Waals surface area (Å²) in [6.45, 7) is 1.40. The second-order valence-electron chi connectivity index (χ2n) is 9.87. The van der Waals surface area contributed by atoms with E-state index < -0.39 is 17.4 Å². The zero-order valence-corrected chi connectivity index (χ0v) is 18.9. The van der Waals surface area contributed by atoms with Gasteiger partial charge in [0.2, 0.25) is 0 Å². The van der Waals surface area contributed by atoms with Crippen molar-refractivity contribution >= 4 is 22.5 Å². The van der Waals surface area contributed by atoms with E-state index in [1.807, 2.05) is 6.07 Å². The number of nitrogens with zero attached hydrogens (tertiary/aromatic N) is 3. The van der Waals surface area contributed by atoms with Gasteiger partial charge in [-0.05, 0) is 66.1 Å². The highest BCUT2D eigenvalue weighted by atomic mass is 19.1. The molecule has 7 nitrogen and oxygen atoms in total. The van der Waals surface area contributed by atoms with E-state index >= 15 is 0 Å². The van der Waals surface area contributed by atoms with Crippen molar-refractivity contribution in [1.29, 1.82) is 0 Å². The lowest BCUT2D eigenvalue weighted by molar-refractivity contribution is -0.209. The Morgan fingerprint density at radius 3 is 2.69 bits per heavy atom. The Balaban J connectivity index is 1.14. The van der Waals surface area contributed by atoms with Crippen molar-refractivity contribution < 1.29 is 13.6 Å². The molecule has 0 aliphatic heterocycles. The average molecular weight is 475 g/mol. The Morgan fingerprint density at radius 2 is 1.89 bits per heavy atom. The highest BCUT2D eigenvalue weighted by Gasteiger charge is 2.68. The van der Waals surface area contributed by atoms with Gasteiger partial charge in [-0.3, -0.25) is 19.0 Å². The number of nitrogens with one attached hydrogen (secondary N) is 2. The van der Waals surface area contributed by atoms with Gasteiger partial charge >= 0.3 is 0 Å². The molecular weight excluding hydrogens is 452 g/mol. The zero-order valence-electron chi connectivity index (χ0n) is 18.9. The maximum Gasteiger partial charge on any atom is 0.270 e. The monoisotopic (exact) mass is 475 g/mol. The first-order chi connectivity index (χ1) is 16.8. The lowest BCUT2D eigenvalue weighted by Crippen LogP contribution is -2.67. The third-order valence-electron chi connectivity index (χ3n) is 7.01. The van der Waals surface area contributed by atoms with Crippen LogP contribution >= 0.6 is 0 Å². The number of aromatic nitrogens is 3. The number of carbonyl (C=O) groups excluding carboxylic acids is 1. The van der Waals surface area contributed by atoms with E-state index in [1.54, 1.807) is 36.7 Å². The molecule has 3 saturated carbocycles. The lowest BCUT2D eigenvalue weighted by Gasteiger charge is -2.66. The van der Waals surface area contributed by atoms with Gasteiger partial charge in [0.05, 0.1) is 0 Å². The fraction of sp³-hybridized carbons (Fsp3) is 0.308. The molecule has 4 aromatic rings. The molecule has 3 heterocycles. The van der Waals surface area contributed by atoms with Gasteiger partial charge in [0.25, 0.3) is 11.5 Å². The summed E-state index contributed by atoms with van der Waals surface area (Å²) < 4.78 is 29.7. The average Bonchev–Trinajstić information content (AvgIpc) is 2.80. The van der Waals surface area contributed by atoms with E-state index in [9.17, 15) is 18.4 Å². The molecule has 178 valence electrons. The Hall–Kier alpha value is -3.72. The summed E-state index contributed by atoms with van der Waals surface area (Å²) in [7, 11) is 0. The Labute approximate surface area is 199 Å². The second-order valence-corrected chi connectivity index (χ2v) is 9.87. The van der Waals surface area contributed by atoms with Crippen molar-refractivity contribution in [1.82, 2.24) is 25.0 Å².